The van der Waals surface area contributed by atoms with Crippen molar-refractivity contribution < 1.29 is 91.3 Å². The van der Waals surface area contributed by atoms with Crippen LogP contribution in [0.5, 0.6) is 40.2 Å². The number of carbonyl (C=O) groups is 3. The summed E-state index contributed by atoms with van der Waals surface area (Å²) in [7, 11) is 2.41. The number of Topliss-reactive ketones (excluding diaryl/α,β-unsaturated/α-hetero) is 1. The zero-order valence-electron chi connectivity index (χ0n) is 50.2. The number of aromatic hydroxyl groups is 3. The summed E-state index contributed by atoms with van der Waals surface area (Å²) in [6.07, 6.45) is 33.7. The number of carbonyl (C=O) groups excluding carboxylic acids is 3. The number of methoxy groups -OCH3 is 1. The van der Waals surface area contributed by atoms with Gasteiger partial charge in [-0.25, -0.2) is 0 Å². The Hall–Kier alpha value is -6.70. The van der Waals surface area contributed by atoms with Gasteiger partial charge in [-0.15, -0.1) is 0 Å². The highest BCUT2D eigenvalue weighted by Crippen LogP contribution is 2.46. The third-order valence-corrected chi connectivity index (χ3v) is 14.2. The molecule has 4 unspecified atom stereocenters. The maximum Gasteiger partial charge on any atom is 0.306 e. The number of fused-ring (bicyclic) bond motifs is 2. The number of phosphoric ester groups is 1. The quantitative estimate of drug-likeness (QED) is 0.00904. The number of ether oxygens (including phenoxy) is 6. The van der Waals surface area contributed by atoms with Gasteiger partial charge < -0.3 is 72.4 Å². The van der Waals surface area contributed by atoms with E-state index in [0.717, 1.165) is 76.7 Å². The molecule has 5 rings (SSSR count). The smallest absolute Gasteiger partial charge is 0.306 e. The summed E-state index contributed by atoms with van der Waals surface area (Å²) in [5.41, 5.74) is 0.751. The molecular weight excluding hydrogens is 1110 g/mol. The predicted octanol–water partition coefficient (Wildman–Crippen LogP) is 11.6. The first-order valence-corrected chi connectivity index (χ1v) is 30.8. The molecule has 0 fully saturated rings. The van der Waals surface area contributed by atoms with Gasteiger partial charge >= 0.3 is 11.9 Å². The molecule has 6 atom stereocenters. The molecule has 468 valence electrons. The lowest BCUT2D eigenvalue weighted by molar-refractivity contribution is -0.870. The molecular formula is C65H90NO18P. The number of phosphoric acid groups is 1. The number of esters is 2. The van der Waals surface area contributed by atoms with Crippen LogP contribution in [0.25, 0.3) is 0 Å². The second kappa shape index (κ2) is 38.4. The summed E-state index contributed by atoms with van der Waals surface area (Å²) in [5.74, 6) is -1.78. The monoisotopic (exact) mass is 1200 g/mol. The first-order valence-electron chi connectivity index (χ1n) is 29.4. The predicted molar refractivity (Wildman–Crippen MR) is 323 cm³/mol. The SMILES string of the molecule is CCC/C=C/C=C/CC/C=C/CCCCC(=O)OCC(COC(=O)CC/C=C/CCC/C=C/C/C=C/CCC)OP(=O)([O-])OCC[N+](C)(C)C.COc1cc(C2Oc3cc([C@H]4Oc5cc(O)cc(O)c5C(=O)[C@@H]4O)ccc3OC2CO)ccc1O. The molecule has 0 aliphatic carbocycles. The van der Waals surface area contributed by atoms with Gasteiger partial charge in [0.25, 0.3) is 7.82 Å². The lowest BCUT2D eigenvalue weighted by Crippen LogP contribution is -2.38. The van der Waals surface area contributed by atoms with E-state index in [4.69, 9.17) is 37.5 Å². The number of unbranched alkanes of at least 4 members (excludes halogenated alkanes) is 7. The summed E-state index contributed by atoms with van der Waals surface area (Å²) < 4.78 is 56.8. The van der Waals surface area contributed by atoms with Gasteiger partial charge in [-0.3, -0.25) is 18.9 Å². The van der Waals surface area contributed by atoms with E-state index >= 15 is 0 Å². The van der Waals surface area contributed by atoms with E-state index in [1.165, 1.54) is 25.7 Å². The number of aliphatic hydroxyl groups is 2. The number of quaternary nitrogens is 1. The number of phenolic OH excluding ortho intramolecular Hbond substituents is 3. The molecule has 5 N–H and O–H groups in total. The van der Waals surface area contributed by atoms with Crippen LogP contribution in [0, 0.1) is 0 Å². The van der Waals surface area contributed by atoms with Crippen molar-refractivity contribution in [3.05, 3.63) is 138 Å². The van der Waals surface area contributed by atoms with Crippen LogP contribution in [-0.4, -0.2) is 127 Å². The normalized spacial score (nSPS) is 18.0. The van der Waals surface area contributed by atoms with Crippen LogP contribution in [0.1, 0.15) is 150 Å². The fourth-order valence-corrected chi connectivity index (χ4v) is 9.34. The minimum absolute atomic E-state index is 0.0540. The molecule has 0 saturated carbocycles. The number of allylic oxidation sites excluding steroid dienone is 12. The van der Waals surface area contributed by atoms with E-state index in [1.54, 1.807) is 30.3 Å². The highest BCUT2D eigenvalue weighted by atomic mass is 31.2. The van der Waals surface area contributed by atoms with Crippen molar-refractivity contribution in [3.8, 4) is 40.2 Å². The van der Waals surface area contributed by atoms with Gasteiger partial charge in [0.1, 0.15) is 55.3 Å². The van der Waals surface area contributed by atoms with Crippen LogP contribution in [0.15, 0.2) is 121 Å². The first kappa shape index (κ1) is 70.8. The van der Waals surface area contributed by atoms with Crippen LogP contribution >= 0.6 is 7.82 Å². The Kier molecular flexibility index (Phi) is 32.0. The second-order valence-electron chi connectivity index (χ2n) is 21.4. The zero-order valence-corrected chi connectivity index (χ0v) is 51.1. The van der Waals surface area contributed by atoms with E-state index in [9.17, 15) is 49.4 Å². The lowest BCUT2D eigenvalue weighted by atomic mass is 9.92. The Morgan fingerprint density at radius 1 is 0.671 bits per heavy atom. The molecule has 0 bridgehead atoms. The number of hydrogen-bond acceptors (Lipinski definition) is 18. The molecule has 2 heterocycles. The summed E-state index contributed by atoms with van der Waals surface area (Å²) in [5, 5.41) is 50.2. The third-order valence-electron chi connectivity index (χ3n) is 13.1. The topological polar surface area (TPSA) is 266 Å². The summed E-state index contributed by atoms with van der Waals surface area (Å²) in [4.78, 5) is 50.0. The van der Waals surface area contributed by atoms with Gasteiger partial charge in [0.15, 0.2) is 47.4 Å². The number of aliphatic hydroxyl groups excluding tert-OH is 2. The lowest BCUT2D eigenvalue weighted by Gasteiger charge is -2.35. The first-order chi connectivity index (χ1) is 40.8. The average molecular weight is 1200 g/mol. The number of ketones is 1. The van der Waals surface area contributed by atoms with Crippen molar-refractivity contribution in [1.82, 2.24) is 0 Å². The van der Waals surface area contributed by atoms with Crippen molar-refractivity contribution in [1.29, 1.82) is 0 Å². The minimum Gasteiger partial charge on any atom is -0.756 e. The fourth-order valence-electron chi connectivity index (χ4n) is 8.48. The van der Waals surface area contributed by atoms with Gasteiger partial charge in [-0.2, -0.15) is 0 Å². The van der Waals surface area contributed by atoms with Crippen molar-refractivity contribution in [2.75, 3.05) is 61.2 Å². The molecule has 0 spiro atoms. The highest BCUT2D eigenvalue weighted by molar-refractivity contribution is 7.45. The van der Waals surface area contributed by atoms with Crippen LogP contribution in [0.3, 0.4) is 0 Å². The molecule has 3 aromatic carbocycles. The van der Waals surface area contributed by atoms with E-state index in [0.29, 0.717) is 40.7 Å². The highest BCUT2D eigenvalue weighted by Gasteiger charge is 2.41. The van der Waals surface area contributed by atoms with Crippen LogP contribution in [0.2, 0.25) is 0 Å². The molecule has 2 aliphatic heterocycles. The van der Waals surface area contributed by atoms with E-state index in [-0.39, 0.29) is 73.6 Å². The molecule has 19 nitrogen and oxygen atoms in total. The molecule has 2 aliphatic rings. The molecule has 85 heavy (non-hydrogen) atoms. The molecule has 0 aromatic heterocycles. The van der Waals surface area contributed by atoms with Gasteiger partial charge in [0.05, 0.1) is 34.9 Å². The Balaban J connectivity index is 0.000000384. The number of benzene rings is 3. The largest absolute Gasteiger partial charge is 0.756 e. The fraction of sp³-hybridized carbons (Fsp3) is 0.492. The second-order valence-corrected chi connectivity index (χ2v) is 22.8. The molecule has 20 heteroatoms. The molecule has 3 aromatic rings. The standard InChI is InChI=1S/C40H68NO8P.C25H22O10/c1-6-8-10-12-14-16-18-20-22-24-26-28-30-32-39(42)46-36-38(49-50(44,45)48-35-34-41(3,4)5)37-47-40(43)33-31-29-27-25-23-21-19-17-15-13-11-9-7-2;1-32-17-6-11(2-4-14(17)28)24-20(10-26)33-16-5-3-12(7-18(16)34-24)25-23(31)22(30)21-15(29)8-13(27)9-19(21)35-25/h10-14,16-17,19,22,24,27,29,38H,6-9,15,18,20-21,23,25-26,28,30-37H2,1-5H3;2-9,20,23-29,31H,10H2,1H3/b12-10+,13-11+,16-14+,19-17+,24-22+,29-27+;/t;20?,23-,24?,25+/m.0/s1. The van der Waals surface area contributed by atoms with Crippen molar-refractivity contribution in [2.24, 2.45) is 0 Å². The van der Waals surface area contributed by atoms with Crippen LogP contribution in [-0.2, 0) is 32.7 Å². The number of likely N-dealkylation sites (N-methyl/N-ethyl adjacent to an activating group) is 1. The minimum atomic E-state index is -4.73. The Bertz CT molecular complexity index is 2760. The maximum atomic E-state index is 12.7. The van der Waals surface area contributed by atoms with Crippen LogP contribution in [0.4, 0.5) is 0 Å². The Morgan fingerprint density at radius 3 is 1.94 bits per heavy atom. The van der Waals surface area contributed by atoms with Crippen LogP contribution < -0.4 is 23.8 Å². The zero-order chi connectivity index (χ0) is 62.0. The Morgan fingerprint density at radius 2 is 1.26 bits per heavy atom. The van der Waals surface area contributed by atoms with Gasteiger partial charge in [0.2, 0.25) is 5.78 Å². The average Bonchev–Trinajstić information content (AvgIpc) is 2.53. The summed E-state index contributed by atoms with van der Waals surface area (Å²) in [6, 6.07) is 11.5. The number of phenols is 3. The number of nitrogens with zero attached hydrogens (tertiary/aromatic N) is 1. The summed E-state index contributed by atoms with van der Waals surface area (Å²) >= 11 is 0. The molecule has 0 radical (unpaired) electrons. The number of hydrogen-bond donors (Lipinski definition) is 5. The van der Waals surface area contributed by atoms with Crippen molar-refractivity contribution in [3.63, 3.8) is 0 Å². The van der Waals surface area contributed by atoms with E-state index in [2.05, 4.69) is 80.7 Å². The number of rotatable bonds is 36. The van der Waals surface area contributed by atoms with E-state index < -0.39 is 61.8 Å². The molecule has 0 amide bonds. The van der Waals surface area contributed by atoms with Gasteiger partial charge in [-0.05, 0) is 107 Å². The van der Waals surface area contributed by atoms with Crippen molar-refractivity contribution in [2.45, 2.75) is 147 Å². The maximum absolute atomic E-state index is 12.7. The van der Waals surface area contributed by atoms with Gasteiger partial charge in [-0.1, -0.05) is 112 Å². The summed E-state index contributed by atoms with van der Waals surface area (Å²) in [6.45, 7) is 3.59. The van der Waals surface area contributed by atoms with Gasteiger partial charge in [0, 0.05) is 30.5 Å². The molecule has 0 saturated heterocycles. The third kappa shape index (κ3) is 26.6. The van der Waals surface area contributed by atoms with Crippen molar-refractivity contribution >= 4 is 25.5 Å². The Labute approximate surface area is 501 Å². The van der Waals surface area contributed by atoms with E-state index in [1.807, 2.05) is 27.2 Å².